The number of carbonyl (C=O) groups is 1. The van der Waals surface area contributed by atoms with E-state index < -0.39 is 0 Å². The zero-order chi connectivity index (χ0) is 17.4. The molecule has 0 fully saturated rings. The van der Waals surface area contributed by atoms with Gasteiger partial charge in [-0.3, -0.25) is 4.79 Å². The van der Waals surface area contributed by atoms with Gasteiger partial charge in [-0.15, -0.1) is 0 Å². The maximum Gasteiger partial charge on any atom is 0.257 e. The van der Waals surface area contributed by atoms with Crippen molar-refractivity contribution in [2.24, 2.45) is 0 Å². The van der Waals surface area contributed by atoms with Crippen LogP contribution in [0.2, 0.25) is 0 Å². The lowest BCUT2D eigenvalue weighted by atomic mass is 10.1. The van der Waals surface area contributed by atoms with E-state index in [0.717, 1.165) is 40.0 Å². The van der Waals surface area contributed by atoms with Gasteiger partial charge in [0.05, 0.1) is 5.56 Å². The topological polar surface area (TPSA) is 46.6 Å². The van der Waals surface area contributed by atoms with Gasteiger partial charge >= 0.3 is 0 Å². The Morgan fingerprint density at radius 2 is 1.79 bits per heavy atom. The van der Waals surface area contributed by atoms with E-state index in [0.29, 0.717) is 17.9 Å². The van der Waals surface area contributed by atoms with Crippen molar-refractivity contribution in [2.45, 2.75) is 40.7 Å². The van der Waals surface area contributed by atoms with E-state index in [1.165, 1.54) is 0 Å². The first-order chi connectivity index (χ1) is 11.4. The molecule has 0 radical (unpaired) electrons. The summed E-state index contributed by atoms with van der Waals surface area (Å²) in [5.74, 6) is 2.39. The third-order valence-electron chi connectivity index (χ3n) is 4.62. The third-order valence-corrected chi connectivity index (χ3v) is 4.62. The minimum absolute atomic E-state index is 0.0193. The van der Waals surface area contributed by atoms with Crippen LogP contribution in [-0.2, 0) is 13.0 Å². The number of furan rings is 2. The largest absolute Gasteiger partial charge is 0.466 e. The standard InChI is InChI=1S/C20H23NO3/c1-6-17-16(15-9-7-8-10-18(15)24-17)11-21(5)20(22)19-12(2)13(3)23-14(19)4/h7-10H,6,11H2,1-5H3. The first-order valence-electron chi connectivity index (χ1n) is 8.25. The number of rotatable bonds is 4. The van der Waals surface area contributed by atoms with E-state index in [4.69, 9.17) is 8.83 Å². The molecule has 0 unspecified atom stereocenters. The highest BCUT2D eigenvalue weighted by atomic mass is 16.3. The second-order valence-electron chi connectivity index (χ2n) is 6.23. The fourth-order valence-electron chi connectivity index (χ4n) is 3.22. The Balaban J connectivity index is 1.95. The molecule has 1 amide bonds. The van der Waals surface area contributed by atoms with E-state index in [1.54, 1.807) is 4.90 Å². The minimum Gasteiger partial charge on any atom is -0.466 e. The first-order valence-corrected chi connectivity index (χ1v) is 8.25. The second-order valence-corrected chi connectivity index (χ2v) is 6.23. The molecular weight excluding hydrogens is 302 g/mol. The predicted molar refractivity (Wildman–Crippen MR) is 94.3 cm³/mol. The molecule has 0 saturated heterocycles. The van der Waals surface area contributed by atoms with E-state index in [9.17, 15) is 4.79 Å². The van der Waals surface area contributed by atoms with E-state index in [-0.39, 0.29) is 5.91 Å². The Kier molecular flexibility index (Phi) is 4.22. The summed E-state index contributed by atoms with van der Waals surface area (Å²) in [6.07, 6.45) is 0.801. The molecule has 0 atom stereocenters. The van der Waals surface area contributed by atoms with Crippen LogP contribution in [0.15, 0.2) is 33.1 Å². The van der Waals surface area contributed by atoms with Crippen LogP contribution in [0.5, 0.6) is 0 Å². The summed E-state index contributed by atoms with van der Waals surface area (Å²) in [6, 6.07) is 7.97. The van der Waals surface area contributed by atoms with Gasteiger partial charge in [-0.2, -0.15) is 0 Å². The number of nitrogens with zero attached hydrogens (tertiary/aromatic N) is 1. The lowest BCUT2D eigenvalue weighted by molar-refractivity contribution is 0.0782. The maximum absolute atomic E-state index is 12.9. The molecule has 126 valence electrons. The summed E-state index contributed by atoms with van der Waals surface area (Å²) in [4.78, 5) is 14.6. The molecule has 1 aromatic carbocycles. The highest BCUT2D eigenvalue weighted by Gasteiger charge is 2.23. The molecule has 3 aromatic rings. The normalized spacial score (nSPS) is 11.2. The summed E-state index contributed by atoms with van der Waals surface area (Å²) in [5, 5.41) is 1.07. The minimum atomic E-state index is -0.0193. The highest BCUT2D eigenvalue weighted by molar-refractivity contribution is 5.97. The molecule has 4 heteroatoms. The zero-order valence-corrected chi connectivity index (χ0v) is 14.9. The molecule has 0 saturated carbocycles. The molecular formula is C20H23NO3. The van der Waals surface area contributed by atoms with Crippen molar-refractivity contribution in [1.29, 1.82) is 0 Å². The van der Waals surface area contributed by atoms with Crippen LogP contribution >= 0.6 is 0 Å². The van der Waals surface area contributed by atoms with Gasteiger partial charge in [0.15, 0.2) is 0 Å². The van der Waals surface area contributed by atoms with Gasteiger partial charge in [-0.1, -0.05) is 25.1 Å². The molecule has 0 aliphatic carbocycles. The number of benzene rings is 1. The zero-order valence-electron chi connectivity index (χ0n) is 14.9. The van der Waals surface area contributed by atoms with Crippen LogP contribution < -0.4 is 0 Å². The maximum atomic E-state index is 12.9. The van der Waals surface area contributed by atoms with Crippen molar-refractivity contribution in [3.63, 3.8) is 0 Å². The molecule has 0 aliphatic rings. The number of fused-ring (bicyclic) bond motifs is 1. The van der Waals surface area contributed by atoms with Gasteiger partial charge < -0.3 is 13.7 Å². The molecule has 24 heavy (non-hydrogen) atoms. The average molecular weight is 325 g/mol. The Labute approximate surface area is 142 Å². The van der Waals surface area contributed by atoms with Crippen LogP contribution in [-0.4, -0.2) is 17.9 Å². The summed E-state index contributed by atoms with van der Waals surface area (Å²) < 4.78 is 11.5. The van der Waals surface area contributed by atoms with Gasteiger partial charge in [0.25, 0.3) is 5.91 Å². The lowest BCUT2D eigenvalue weighted by Crippen LogP contribution is -2.27. The highest BCUT2D eigenvalue weighted by Crippen LogP contribution is 2.28. The third kappa shape index (κ3) is 2.62. The molecule has 0 spiro atoms. The second kappa shape index (κ2) is 6.19. The van der Waals surface area contributed by atoms with Crippen molar-refractivity contribution < 1.29 is 13.6 Å². The van der Waals surface area contributed by atoms with Gasteiger partial charge in [0, 0.05) is 36.5 Å². The smallest absolute Gasteiger partial charge is 0.257 e. The monoisotopic (exact) mass is 325 g/mol. The summed E-state index contributed by atoms with van der Waals surface area (Å²) in [7, 11) is 1.82. The Hall–Kier alpha value is -2.49. The van der Waals surface area contributed by atoms with Gasteiger partial charge in [-0.25, -0.2) is 0 Å². The van der Waals surface area contributed by atoms with Crippen molar-refractivity contribution >= 4 is 16.9 Å². The number of hydrogen-bond donors (Lipinski definition) is 0. The quantitative estimate of drug-likeness (QED) is 0.693. The Morgan fingerprint density at radius 1 is 1.08 bits per heavy atom. The number of aryl methyl sites for hydroxylation is 3. The summed E-state index contributed by atoms with van der Waals surface area (Å²) in [6.45, 7) is 8.24. The van der Waals surface area contributed by atoms with Gasteiger partial charge in [0.1, 0.15) is 22.9 Å². The van der Waals surface area contributed by atoms with Crippen molar-refractivity contribution in [1.82, 2.24) is 4.90 Å². The number of amides is 1. The molecule has 0 N–H and O–H groups in total. The predicted octanol–water partition coefficient (Wildman–Crippen LogP) is 4.79. The van der Waals surface area contributed by atoms with Crippen LogP contribution in [0.1, 0.15) is 45.7 Å². The SMILES string of the molecule is CCc1oc2ccccc2c1CN(C)C(=O)c1c(C)oc(C)c1C. The van der Waals surface area contributed by atoms with Crippen LogP contribution in [0.4, 0.5) is 0 Å². The summed E-state index contributed by atoms with van der Waals surface area (Å²) in [5.41, 5.74) is 3.54. The van der Waals surface area contributed by atoms with Crippen molar-refractivity contribution in [3.05, 3.63) is 58.2 Å². The van der Waals surface area contributed by atoms with Crippen LogP contribution in [0.3, 0.4) is 0 Å². The Morgan fingerprint density at radius 3 is 2.42 bits per heavy atom. The van der Waals surface area contributed by atoms with Gasteiger partial charge in [0.2, 0.25) is 0 Å². The van der Waals surface area contributed by atoms with Crippen molar-refractivity contribution in [2.75, 3.05) is 7.05 Å². The molecule has 2 heterocycles. The Bertz CT molecular complexity index is 901. The fraction of sp³-hybridized carbons (Fsp3) is 0.350. The van der Waals surface area contributed by atoms with Crippen molar-refractivity contribution in [3.8, 4) is 0 Å². The van der Waals surface area contributed by atoms with E-state index >= 15 is 0 Å². The van der Waals surface area contributed by atoms with Crippen LogP contribution in [0, 0.1) is 20.8 Å². The fourth-order valence-corrected chi connectivity index (χ4v) is 3.22. The molecule has 0 aliphatic heterocycles. The lowest BCUT2D eigenvalue weighted by Gasteiger charge is -2.17. The number of carbonyl (C=O) groups excluding carboxylic acids is 1. The first kappa shape index (κ1) is 16.4. The molecule has 3 rings (SSSR count). The number of para-hydroxylation sites is 1. The number of hydrogen-bond acceptors (Lipinski definition) is 3. The summed E-state index contributed by atoms with van der Waals surface area (Å²) >= 11 is 0. The van der Waals surface area contributed by atoms with Crippen LogP contribution in [0.25, 0.3) is 11.0 Å². The van der Waals surface area contributed by atoms with Gasteiger partial charge in [-0.05, 0) is 26.8 Å². The molecule has 2 aromatic heterocycles. The van der Waals surface area contributed by atoms with E-state index in [1.807, 2.05) is 52.1 Å². The average Bonchev–Trinajstić information content (AvgIpc) is 3.04. The molecule has 0 bridgehead atoms. The van der Waals surface area contributed by atoms with E-state index in [2.05, 4.69) is 6.92 Å². The molecule has 4 nitrogen and oxygen atoms in total.